The van der Waals surface area contributed by atoms with Gasteiger partial charge < -0.3 is 10.2 Å². The minimum atomic E-state index is -0.0486. The molecule has 3 rings (SSSR count). The first-order valence-corrected chi connectivity index (χ1v) is 8.62. The quantitative estimate of drug-likeness (QED) is 0.870. The fourth-order valence-electron chi connectivity index (χ4n) is 3.02. The van der Waals surface area contributed by atoms with E-state index in [4.69, 9.17) is 0 Å². The summed E-state index contributed by atoms with van der Waals surface area (Å²) in [5.74, 6) is 1.15. The van der Waals surface area contributed by atoms with E-state index >= 15 is 0 Å². The molecule has 0 saturated carbocycles. The van der Waals surface area contributed by atoms with Gasteiger partial charge >= 0.3 is 0 Å². The number of benzene rings is 1. The fraction of sp³-hybridized carbons (Fsp3) is 0.500. The lowest BCUT2D eigenvalue weighted by Crippen LogP contribution is -2.39. The summed E-state index contributed by atoms with van der Waals surface area (Å²) in [7, 11) is 0. The van der Waals surface area contributed by atoms with E-state index < -0.39 is 0 Å². The zero-order valence-electron chi connectivity index (χ0n) is 12.0. The zero-order valence-corrected chi connectivity index (χ0v) is 12.8. The molecular weight excluding hydrogens is 284 g/mol. The van der Waals surface area contributed by atoms with Crippen LogP contribution in [0.4, 0.5) is 0 Å². The number of fused-ring (bicyclic) bond motifs is 1. The molecule has 1 aliphatic heterocycles. The first kappa shape index (κ1) is 14.4. The number of nitrogens with one attached hydrogen (secondary N) is 1. The van der Waals surface area contributed by atoms with Gasteiger partial charge in [0.15, 0.2) is 0 Å². The van der Waals surface area contributed by atoms with Gasteiger partial charge in [-0.2, -0.15) is 0 Å². The number of hydrogen-bond donors (Lipinski definition) is 1. The second kappa shape index (κ2) is 6.52. The molecule has 2 amide bonds. The van der Waals surface area contributed by atoms with E-state index in [0.717, 1.165) is 19.3 Å². The first-order valence-electron chi connectivity index (χ1n) is 7.47. The van der Waals surface area contributed by atoms with Crippen LogP contribution >= 0.6 is 11.8 Å². The van der Waals surface area contributed by atoms with Crippen molar-refractivity contribution in [1.82, 2.24) is 10.2 Å². The van der Waals surface area contributed by atoms with Crippen LogP contribution in [0.1, 0.15) is 36.4 Å². The Labute approximate surface area is 129 Å². The minimum Gasteiger partial charge on any atom is -0.348 e. The van der Waals surface area contributed by atoms with Crippen molar-refractivity contribution in [2.45, 2.75) is 31.7 Å². The van der Waals surface area contributed by atoms with Gasteiger partial charge in [-0.05, 0) is 30.4 Å². The molecule has 1 fully saturated rings. The van der Waals surface area contributed by atoms with Crippen molar-refractivity contribution in [3.63, 3.8) is 0 Å². The molecule has 21 heavy (non-hydrogen) atoms. The first-order chi connectivity index (χ1) is 10.2. The zero-order chi connectivity index (χ0) is 14.7. The second-order valence-corrected chi connectivity index (χ2v) is 6.59. The van der Waals surface area contributed by atoms with Gasteiger partial charge in [-0.25, -0.2) is 0 Å². The average Bonchev–Trinajstić information content (AvgIpc) is 2.77. The standard InChI is InChI=1S/C16H20N2O2S/c19-15(9-18-11-21-10-16(18)20)17-14-8-4-2-6-12-5-1-3-7-13(12)14/h1,3,5,7,14H,2,4,6,8-11H2,(H,17,19)/t14-/m0/s1. The van der Waals surface area contributed by atoms with Gasteiger partial charge in [-0.15, -0.1) is 11.8 Å². The highest BCUT2D eigenvalue weighted by Crippen LogP contribution is 2.28. The molecule has 1 N–H and O–H groups in total. The molecule has 2 aliphatic rings. The molecule has 0 unspecified atom stereocenters. The lowest BCUT2D eigenvalue weighted by Gasteiger charge is -2.21. The maximum Gasteiger partial charge on any atom is 0.240 e. The van der Waals surface area contributed by atoms with Crippen molar-refractivity contribution >= 4 is 23.6 Å². The van der Waals surface area contributed by atoms with Gasteiger partial charge in [0.1, 0.15) is 6.54 Å². The smallest absolute Gasteiger partial charge is 0.240 e. The van der Waals surface area contributed by atoms with E-state index in [9.17, 15) is 9.59 Å². The summed E-state index contributed by atoms with van der Waals surface area (Å²) in [6.07, 6.45) is 4.36. The monoisotopic (exact) mass is 304 g/mol. The molecule has 1 aromatic carbocycles. The fourth-order valence-corrected chi connectivity index (χ4v) is 3.93. The Hall–Kier alpha value is -1.49. The molecule has 1 atom stereocenters. The number of nitrogens with zero attached hydrogens (tertiary/aromatic N) is 1. The normalized spacial score (nSPS) is 21.8. The van der Waals surface area contributed by atoms with Gasteiger partial charge in [0.25, 0.3) is 0 Å². The Kier molecular flexibility index (Phi) is 4.48. The highest BCUT2D eigenvalue weighted by atomic mass is 32.2. The minimum absolute atomic E-state index is 0.0486. The highest BCUT2D eigenvalue weighted by Gasteiger charge is 2.25. The van der Waals surface area contributed by atoms with E-state index in [1.165, 1.54) is 17.5 Å². The van der Waals surface area contributed by atoms with Crippen LogP contribution in [0.3, 0.4) is 0 Å². The third-order valence-electron chi connectivity index (χ3n) is 4.11. The largest absolute Gasteiger partial charge is 0.348 e. The van der Waals surface area contributed by atoms with E-state index in [-0.39, 0.29) is 24.4 Å². The molecule has 0 spiro atoms. The second-order valence-electron chi connectivity index (χ2n) is 5.63. The Bertz CT molecular complexity index is 547. The van der Waals surface area contributed by atoms with Crippen LogP contribution in [-0.2, 0) is 16.0 Å². The lowest BCUT2D eigenvalue weighted by molar-refractivity contribution is -0.132. The van der Waals surface area contributed by atoms with E-state index in [1.807, 2.05) is 6.07 Å². The van der Waals surface area contributed by atoms with Crippen molar-refractivity contribution in [1.29, 1.82) is 0 Å². The molecular formula is C16H20N2O2S. The Morgan fingerprint density at radius 1 is 1.33 bits per heavy atom. The van der Waals surface area contributed by atoms with Crippen LogP contribution in [0.25, 0.3) is 0 Å². The van der Waals surface area contributed by atoms with Crippen molar-refractivity contribution in [2.75, 3.05) is 18.2 Å². The molecule has 1 aromatic rings. The molecule has 1 heterocycles. The summed E-state index contributed by atoms with van der Waals surface area (Å²) in [4.78, 5) is 25.4. The predicted molar refractivity (Wildman–Crippen MR) is 83.9 cm³/mol. The maximum atomic E-state index is 12.2. The van der Waals surface area contributed by atoms with Gasteiger partial charge in [0.2, 0.25) is 11.8 Å². The Balaban J connectivity index is 1.66. The number of thioether (sulfide) groups is 1. The Morgan fingerprint density at radius 3 is 3.00 bits per heavy atom. The third-order valence-corrected chi connectivity index (χ3v) is 5.06. The summed E-state index contributed by atoms with van der Waals surface area (Å²) in [5.41, 5.74) is 2.58. The summed E-state index contributed by atoms with van der Waals surface area (Å²) < 4.78 is 0. The van der Waals surface area contributed by atoms with Crippen LogP contribution in [0.5, 0.6) is 0 Å². The van der Waals surface area contributed by atoms with Crippen molar-refractivity contribution < 1.29 is 9.59 Å². The third kappa shape index (κ3) is 3.40. The molecule has 1 saturated heterocycles. The molecule has 112 valence electrons. The molecule has 0 radical (unpaired) electrons. The van der Waals surface area contributed by atoms with Gasteiger partial charge in [0.05, 0.1) is 17.7 Å². The topological polar surface area (TPSA) is 49.4 Å². The number of amides is 2. The van der Waals surface area contributed by atoms with Crippen molar-refractivity contribution in [3.8, 4) is 0 Å². The predicted octanol–water partition coefficient (Wildman–Crippen LogP) is 2.10. The summed E-state index contributed by atoms with van der Waals surface area (Å²) in [5, 5.41) is 3.12. The lowest BCUT2D eigenvalue weighted by atomic mass is 9.99. The van der Waals surface area contributed by atoms with Crippen LogP contribution in [-0.4, -0.2) is 34.9 Å². The van der Waals surface area contributed by atoms with Gasteiger partial charge in [-0.3, -0.25) is 9.59 Å². The number of carbonyl (C=O) groups is 2. The van der Waals surface area contributed by atoms with Crippen LogP contribution < -0.4 is 5.32 Å². The van der Waals surface area contributed by atoms with Gasteiger partial charge in [-0.1, -0.05) is 30.7 Å². The van der Waals surface area contributed by atoms with Crippen LogP contribution in [0, 0.1) is 0 Å². The van der Waals surface area contributed by atoms with Crippen molar-refractivity contribution in [3.05, 3.63) is 35.4 Å². The van der Waals surface area contributed by atoms with E-state index in [1.54, 1.807) is 16.7 Å². The van der Waals surface area contributed by atoms with E-state index in [0.29, 0.717) is 11.6 Å². The van der Waals surface area contributed by atoms with Crippen LogP contribution in [0.15, 0.2) is 24.3 Å². The number of carbonyl (C=O) groups excluding carboxylic acids is 2. The number of hydrogen-bond acceptors (Lipinski definition) is 3. The van der Waals surface area contributed by atoms with Gasteiger partial charge in [0, 0.05) is 0 Å². The summed E-state index contributed by atoms with van der Waals surface area (Å²) >= 11 is 1.57. The molecule has 0 aromatic heterocycles. The SMILES string of the molecule is O=C(CN1CSCC1=O)N[C@H]1CCCCc2ccccc21. The molecule has 1 aliphatic carbocycles. The maximum absolute atomic E-state index is 12.2. The number of rotatable bonds is 3. The average molecular weight is 304 g/mol. The summed E-state index contributed by atoms with van der Waals surface area (Å²) in [6, 6.07) is 8.44. The summed E-state index contributed by atoms with van der Waals surface area (Å²) in [6.45, 7) is 0.185. The van der Waals surface area contributed by atoms with Crippen LogP contribution in [0.2, 0.25) is 0 Å². The number of aryl methyl sites for hydroxylation is 1. The molecule has 5 heteroatoms. The Morgan fingerprint density at radius 2 is 2.19 bits per heavy atom. The van der Waals surface area contributed by atoms with E-state index in [2.05, 4.69) is 23.5 Å². The van der Waals surface area contributed by atoms with Crippen molar-refractivity contribution in [2.24, 2.45) is 0 Å². The molecule has 0 bridgehead atoms. The molecule has 4 nitrogen and oxygen atoms in total. The highest BCUT2D eigenvalue weighted by molar-refractivity contribution is 8.00.